The Morgan fingerprint density at radius 2 is 0.821 bits per heavy atom. The smallest absolute Gasteiger partial charge is 0.306 e. The molecule has 56 heavy (non-hydrogen) atoms. The van der Waals surface area contributed by atoms with E-state index in [1.807, 2.05) is 0 Å². The number of esters is 2. The van der Waals surface area contributed by atoms with Crippen LogP contribution in [0.15, 0.2) is 0 Å². The van der Waals surface area contributed by atoms with Gasteiger partial charge in [0.25, 0.3) is 7.82 Å². The van der Waals surface area contributed by atoms with Crippen molar-refractivity contribution in [3.63, 3.8) is 0 Å². The van der Waals surface area contributed by atoms with Gasteiger partial charge in [-0.2, -0.15) is 0 Å². The van der Waals surface area contributed by atoms with E-state index >= 15 is 0 Å². The van der Waals surface area contributed by atoms with Gasteiger partial charge in [-0.05, 0) is 32.1 Å². The zero-order valence-electron chi connectivity index (χ0n) is 37.6. The fraction of sp³-hybridized carbons (Fsp3) is 0.957. The van der Waals surface area contributed by atoms with Gasteiger partial charge in [-0.1, -0.05) is 189 Å². The van der Waals surface area contributed by atoms with Crippen molar-refractivity contribution in [2.75, 3.05) is 46.0 Å². The number of unbranched alkanes of at least 4 members (excludes halogenated alkanes) is 24. The molecule has 0 saturated heterocycles. The molecule has 2 unspecified atom stereocenters. The highest BCUT2D eigenvalue weighted by molar-refractivity contribution is 7.45. The topological polar surface area (TPSA) is 111 Å². The number of phosphoric ester groups is 1. The molecule has 0 saturated carbocycles. The van der Waals surface area contributed by atoms with Gasteiger partial charge in [0.2, 0.25) is 0 Å². The first-order valence-corrected chi connectivity index (χ1v) is 25.4. The molecule has 2 atom stereocenters. The number of nitrogens with zero attached hydrogens (tertiary/aromatic N) is 1. The van der Waals surface area contributed by atoms with Crippen LogP contribution in [-0.4, -0.2) is 68.5 Å². The van der Waals surface area contributed by atoms with Gasteiger partial charge in [-0.3, -0.25) is 14.2 Å². The van der Waals surface area contributed by atoms with E-state index in [1.165, 1.54) is 128 Å². The van der Waals surface area contributed by atoms with E-state index in [2.05, 4.69) is 34.6 Å². The second-order valence-corrected chi connectivity index (χ2v) is 18.0. The van der Waals surface area contributed by atoms with Crippen LogP contribution in [0.3, 0.4) is 0 Å². The van der Waals surface area contributed by atoms with Crippen molar-refractivity contribution in [1.29, 1.82) is 0 Å². The number of rotatable bonds is 44. The number of ether oxygens (including phenoxy) is 2. The Bertz CT molecular complexity index is 918. The maximum absolute atomic E-state index is 12.8. The maximum Gasteiger partial charge on any atom is 0.306 e. The van der Waals surface area contributed by atoms with Crippen molar-refractivity contribution in [3.8, 4) is 0 Å². The molecule has 0 spiro atoms. The maximum atomic E-state index is 12.8. The summed E-state index contributed by atoms with van der Waals surface area (Å²) in [6.07, 6.45) is 34.2. The lowest BCUT2D eigenvalue weighted by atomic mass is 10.0. The van der Waals surface area contributed by atoms with Crippen LogP contribution in [-0.2, 0) is 32.7 Å². The molecule has 0 rings (SSSR count). The molecule has 0 radical (unpaired) electrons. The molecule has 0 amide bonds. The zero-order chi connectivity index (χ0) is 41.4. The van der Waals surface area contributed by atoms with Crippen molar-refractivity contribution in [1.82, 2.24) is 0 Å². The molecule has 0 aromatic heterocycles. The molecule has 10 heteroatoms. The number of carbonyl (C=O) groups is 2. The molecule has 0 aliphatic carbocycles. The minimum Gasteiger partial charge on any atom is -0.756 e. The van der Waals surface area contributed by atoms with Gasteiger partial charge in [-0.25, -0.2) is 0 Å². The van der Waals surface area contributed by atoms with Crippen molar-refractivity contribution < 1.29 is 42.1 Å². The highest BCUT2D eigenvalue weighted by Gasteiger charge is 2.26. The third-order valence-electron chi connectivity index (χ3n) is 11.0. The van der Waals surface area contributed by atoms with Crippen LogP contribution in [0.5, 0.6) is 0 Å². The molecule has 0 aromatic rings. The summed E-state index contributed by atoms with van der Waals surface area (Å²) in [4.78, 5) is 38.2. The normalized spacial score (nSPS) is 13.5. The van der Waals surface area contributed by atoms with E-state index in [0.29, 0.717) is 13.0 Å². The van der Waals surface area contributed by atoms with E-state index in [9.17, 15) is 19.0 Å². The molecule has 0 heterocycles. The average Bonchev–Trinajstić information content (AvgIpc) is 3.16. The van der Waals surface area contributed by atoms with Gasteiger partial charge in [0.15, 0.2) is 6.10 Å². The summed E-state index contributed by atoms with van der Waals surface area (Å²) < 4.78 is 35.2. The Balaban J connectivity index is 4.71. The quantitative estimate of drug-likeness (QED) is 0.0259. The monoisotopic (exact) mass is 818 g/mol. The molecule has 0 aromatic carbocycles. The zero-order valence-corrected chi connectivity index (χ0v) is 38.5. The summed E-state index contributed by atoms with van der Waals surface area (Å²) in [7, 11) is -4.67. The van der Waals surface area contributed by atoms with Crippen LogP contribution in [0.1, 0.15) is 234 Å². The summed E-state index contributed by atoms with van der Waals surface area (Å²) >= 11 is 0. The van der Waals surface area contributed by atoms with Gasteiger partial charge >= 0.3 is 11.9 Å². The third-order valence-corrected chi connectivity index (χ3v) is 12.0. The molecule has 0 aliphatic heterocycles. The molecular formula is C46H92NO8P. The second kappa shape index (κ2) is 39.5. The predicted molar refractivity (Wildman–Crippen MR) is 232 cm³/mol. The van der Waals surface area contributed by atoms with E-state index in [1.54, 1.807) is 0 Å². The molecule has 0 bridgehead atoms. The molecular weight excluding hydrogens is 725 g/mol. The lowest BCUT2D eigenvalue weighted by Gasteiger charge is -2.39. The lowest BCUT2D eigenvalue weighted by Crippen LogP contribution is -2.51. The van der Waals surface area contributed by atoms with Crippen LogP contribution >= 0.6 is 7.82 Å². The Kier molecular flexibility index (Phi) is 38.8. The van der Waals surface area contributed by atoms with Crippen LogP contribution in [0.25, 0.3) is 0 Å². The van der Waals surface area contributed by atoms with Crippen LogP contribution < -0.4 is 4.89 Å². The minimum absolute atomic E-state index is 0.0262. The fourth-order valence-corrected chi connectivity index (χ4v) is 8.57. The van der Waals surface area contributed by atoms with Crippen molar-refractivity contribution in [3.05, 3.63) is 0 Å². The highest BCUT2D eigenvalue weighted by Crippen LogP contribution is 2.38. The molecule has 0 fully saturated rings. The number of phosphoric acid groups is 1. The van der Waals surface area contributed by atoms with E-state index in [-0.39, 0.29) is 32.0 Å². The Morgan fingerprint density at radius 1 is 0.464 bits per heavy atom. The van der Waals surface area contributed by atoms with E-state index < -0.39 is 26.5 Å². The first-order valence-electron chi connectivity index (χ1n) is 24.0. The van der Waals surface area contributed by atoms with E-state index in [4.69, 9.17) is 18.5 Å². The van der Waals surface area contributed by atoms with Gasteiger partial charge in [0.1, 0.15) is 19.8 Å². The molecule has 9 nitrogen and oxygen atoms in total. The summed E-state index contributed by atoms with van der Waals surface area (Å²) in [6.45, 7) is 13.8. The highest BCUT2D eigenvalue weighted by atomic mass is 31.2. The average molecular weight is 818 g/mol. The summed E-state index contributed by atoms with van der Waals surface area (Å²) in [5.74, 6) is -0.805. The first-order chi connectivity index (χ1) is 27.2. The number of hydrogen-bond acceptors (Lipinski definition) is 8. The van der Waals surface area contributed by atoms with E-state index in [0.717, 1.165) is 75.5 Å². The van der Waals surface area contributed by atoms with Gasteiger partial charge < -0.3 is 27.9 Å². The molecule has 334 valence electrons. The fourth-order valence-electron chi connectivity index (χ4n) is 7.85. The van der Waals surface area contributed by atoms with Crippen molar-refractivity contribution in [2.24, 2.45) is 0 Å². The van der Waals surface area contributed by atoms with Gasteiger partial charge in [0.05, 0.1) is 26.2 Å². The SMILES string of the molecule is CCCCCCCCCCCCCCCC(=O)OCC(COP(=O)([O-])OCC[N+](CCC)(CCC)CCC)OC(=O)CCCCCCCCCCCCCCC. The standard InChI is InChI=1S/C46H92NO8P/c1-6-11-13-15-17-19-21-23-25-27-29-31-33-35-45(48)52-42-44(43-54-56(50,51)53-41-40-47(37-8-3,38-9-4)39-10-5)55-46(49)36-34-32-30-28-26-24-22-20-18-16-14-12-7-2/h44H,6-43H2,1-5H3. The molecule has 0 aliphatic rings. The van der Waals surface area contributed by atoms with Gasteiger partial charge in [-0.15, -0.1) is 0 Å². The number of quaternary nitrogens is 1. The largest absolute Gasteiger partial charge is 0.756 e. The Hall–Kier alpha value is -0.990. The summed E-state index contributed by atoms with van der Waals surface area (Å²) in [5, 5.41) is 0. The van der Waals surface area contributed by atoms with Crippen LogP contribution in [0, 0.1) is 0 Å². The van der Waals surface area contributed by atoms with Crippen molar-refractivity contribution in [2.45, 2.75) is 240 Å². The Morgan fingerprint density at radius 3 is 1.20 bits per heavy atom. The minimum atomic E-state index is -4.67. The Labute approximate surface area is 346 Å². The van der Waals surface area contributed by atoms with Crippen LogP contribution in [0.2, 0.25) is 0 Å². The number of carbonyl (C=O) groups excluding carboxylic acids is 2. The van der Waals surface area contributed by atoms with Crippen LogP contribution in [0.4, 0.5) is 0 Å². The third kappa shape index (κ3) is 35.0. The number of hydrogen-bond donors (Lipinski definition) is 0. The molecule has 0 N–H and O–H groups in total. The summed E-state index contributed by atoms with van der Waals surface area (Å²) in [6, 6.07) is 0. The van der Waals surface area contributed by atoms with Crippen molar-refractivity contribution >= 4 is 19.8 Å². The van der Waals surface area contributed by atoms with Gasteiger partial charge in [0, 0.05) is 12.8 Å². The lowest BCUT2D eigenvalue weighted by molar-refractivity contribution is -0.928. The first kappa shape index (κ1) is 55.0. The second-order valence-electron chi connectivity index (χ2n) is 16.6. The summed E-state index contributed by atoms with van der Waals surface area (Å²) in [5.41, 5.74) is 0. The predicted octanol–water partition coefficient (Wildman–Crippen LogP) is 13.0.